The molecule has 0 saturated carbocycles. The van der Waals surface area contributed by atoms with E-state index in [1.54, 1.807) is 6.92 Å². The minimum atomic E-state index is -0.426. The molecule has 0 bridgehead atoms. The first-order valence-corrected chi connectivity index (χ1v) is 6.74. The van der Waals surface area contributed by atoms with Gasteiger partial charge in [-0.1, -0.05) is 0 Å². The zero-order chi connectivity index (χ0) is 13.7. The molecule has 0 aliphatic rings. The largest absolute Gasteiger partial charge is 0.465 e. The highest BCUT2D eigenvalue weighted by atomic mass is 127. The van der Waals surface area contributed by atoms with Crippen LogP contribution in [0.2, 0.25) is 0 Å². The van der Waals surface area contributed by atoms with E-state index in [0.717, 1.165) is 14.7 Å². The zero-order valence-electron chi connectivity index (χ0n) is 10.7. The Kier molecular flexibility index (Phi) is 5.58. The van der Waals surface area contributed by atoms with E-state index in [2.05, 4.69) is 27.9 Å². The van der Waals surface area contributed by atoms with Crippen LogP contribution < -0.4 is 5.32 Å². The minimum Gasteiger partial charge on any atom is -0.465 e. The second-order valence-electron chi connectivity index (χ2n) is 3.90. The maximum atomic E-state index is 11.9. The van der Waals surface area contributed by atoms with Gasteiger partial charge in [-0.2, -0.15) is 0 Å². The van der Waals surface area contributed by atoms with E-state index < -0.39 is 5.97 Å². The van der Waals surface area contributed by atoms with Crippen LogP contribution in [0.25, 0.3) is 0 Å². The first-order chi connectivity index (χ1) is 8.45. The zero-order valence-corrected chi connectivity index (χ0v) is 12.8. The lowest BCUT2D eigenvalue weighted by Crippen LogP contribution is -2.31. The highest BCUT2D eigenvalue weighted by Gasteiger charge is 2.12. The lowest BCUT2D eigenvalue weighted by Gasteiger charge is -2.09. The molecule has 98 valence electrons. The first-order valence-electron chi connectivity index (χ1n) is 5.66. The topological polar surface area (TPSA) is 55.4 Å². The van der Waals surface area contributed by atoms with Crippen LogP contribution >= 0.6 is 22.6 Å². The van der Waals surface area contributed by atoms with Crippen LogP contribution in [-0.4, -0.2) is 25.0 Å². The molecule has 1 rings (SSSR count). The van der Waals surface area contributed by atoms with E-state index in [0.29, 0.717) is 12.2 Å². The van der Waals surface area contributed by atoms with E-state index in [9.17, 15) is 9.59 Å². The Morgan fingerprint density at radius 1 is 1.28 bits per heavy atom. The molecule has 0 fully saturated rings. The third-order valence-corrected chi connectivity index (χ3v) is 3.42. The van der Waals surface area contributed by atoms with Crippen molar-refractivity contribution < 1.29 is 14.3 Å². The van der Waals surface area contributed by atoms with E-state index in [4.69, 9.17) is 4.74 Å². The molecule has 0 unspecified atom stereocenters. The fraction of sp³-hybridized carbons (Fsp3) is 0.385. The molecular weight excluding hydrogens is 345 g/mol. The summed E-state index contributed by atoms with van der Waals surface area (Å²) < 4.78 is 5.62. The number of rotatable bonds is 4. The van der Waals surface area contributed by atoms with Crippen molar-refractivity contribution in [3.8, 4) is 0 Å². The molecule has 0 aliphatic carbocycles. The van der Waals surface area contributed by atoms with Crippen molar-refractivity contribution in [3.63, 3.8) is 0 Å². The van der Waals surface area contributed by atoms with Crippen molar-refractivity contribution in [2.75, 3.05) is 13.2 Å². The summed E-state index contributed by atoms with van der Waals surface area (Å²) in [6.07, 6.45) is 0. The Morgan fingerprint density at radius 2 is 1.89 bits per heavy atom. The van der Waals surface area contributed by atoms with Crippen molar-refractivity contribution in [2.45, 2.75) is 20.8 Å². The van der Waals surface area contributed by atoms with Crippen LogP contribution in [0, 0.1) is 17.4 Å². The summed E-state index contributed by atoms with van der Waals surface area (Å²) in [6, 6.07) is 3.78. The summed E-state index contributed by atoms with van der Waals surface area (Å²) in [6.45, 7) is 5.89. The second-order valence-corrected chi connectivity index (χ2v) is 5.07. The molecule has 1 aromatic carbocycles. The van der Waals surface area contributed by atoms with Gasteiger partial charge in [0, 0.05) is 3.57 Å². The highest BCUT2D eigenvalue weighted by Crippen LogP contribution is 2.17. The summed E-state index contributed by atoms with van der Waals surface area (Å²) in [5, 5.41) is 2.55. The molecule has 1 N–H and O–H groups in total. The van der Waals surface area contributed by atoms with Gasteiger partial charge in [0.2, 0.25) is 0 Å². The van der Waals surface area contributed by atoms with Crippen LogP contribution in [0.15, 0.2) is 12.1 Å². The fourth-order valence-electron chi connectivity index (χ4n) is 1.41. The number of halogens is 1. The molecule has 5 heteroatoms. The van der Waals surface area contributed by atoms with Crippen LogP contribution in [0.4, 0.5) is 0 Å². The second kappa shape index (κ2) is 6.72. The van der Waals surface area contributed by atoms with Gasteiger partial charge in [-0.15, -0.1) is 0 Å². The number of aryl methyl sites for hydroxylation is 2. The Balaban J connectivity index is 2.73. The standard InChI is InChI=1S/C13H16INO3/c1-4-18-12(16)7-15-13(17)10-5-8(2)9(3)6-11(10)14/h5-6H,4,7H2,1-3H3,(H,15,17). The quantitative estimate of drug-likeness (QED) is 0.661. The minimum absolute atomic E-state index is 0.102. The molecule has 0 heterocycles. The molecule has 18 heavy (non-hydrogen) atoms. The molecule has 0 spiro atoms. The number of nitrogens with one attached hydrogen (secondary N) is 1. The van der Waals surface area contributed by atoms with E-state index in [1.165, 1.54) is 0 Å². The van der Waals surface area contributed by atoms with Gasteiger partial charge >= 0.3 is 5.97 Å². The Morgan fingerprint density at radius 3 is 2.50 bits per heavy atom. The van der Waals surface area contributed by atoms with Crippen LogP contribution in [0.5, 0.6) is 0 Å². The molecular formula is C13H16INO3. The number of carbonyl (C=O) groups is 2. The number of esters is 1. The predicted octanol–water partition coefficient (Wildman–Crippen LogP) is 2.20. The number of carbonyl (C=O) groups excluding carboxylic acids is 2. The molecule has 1 aromatic rings. The number of amides is 1. The van der Waals surface area contributed by atoms with Gasteiger partial charge in [0.05, 0.1) is 12.2 Å². The van der Waals surface area contributed by atoms with Crippen LogP contribution in [0.1, 0.15) is 28.4 Å². The smallest absolute Gasteiger partial charge is 0.325 e. The third kappa shape index (κ3) is 3.97. The third-order valence-electron chi connectivity index (χ3n) is 2.53. The van der Waals surface area contributed by atoms with Crippen molar-refractivity contribution in [3.05, 3.63) is 32.4 Å². The van der Waals surface area contributed by atoms with Crippen LogP contribution in [0.3, 0.4) is 0 Å². The molecule has 0 aliphatic heterocycles. The summed E-state index contributed by atoms with van der Waals surface area (Å²) in [7, 11) is 0. The molecule has 0 saturated heterocycles. The predicted molar refractivity (Wildman–Crippen MR) is 77.6 cm³/mol. The molecule has 1 amide bonds. The van der Waals surface area contributed by atoms with E-state index >= 15 is 0 Å². The van der Waals surface area contributed by atoms with Crippen molar-refractivity contribution >= 4 is 34.5 Å². The van der Waals surface area contributed by atoms with Crippen molar-refractivity contribution in [2.24, 2.45) is 0 Å². The maximum Gasteiger partial charge on any atom is 0.325 e. The summed E-state index contributed by atoms with van der Waals surface area (Å²) >= 11 is 2.11. The fourth-order valence-corrected chi connectivity index (χ4v) is 2.28. The Bertz CT molecular complexity index is 472. The van der Waals surface area contributed by atoms with Gasteiger partial charge in [-0.05, 0) is 66.6 Å². The van der Waals surface area contributed by atoms with Gasteiger partial charge in [-0.25, -0.2) is 0 Å². The Hall–Kier alpha value is -1.11. The van der Waals surface area contributed by atoms with Crippen molar-refractivity contribution in [1.82, 2.24) is 5.32 Å². The molecule has 0 radical (unpaired) electrons. The maximum absolute atomic E-state index is 11.9. The van der Waals surface area contributed by atoms with Crippen molar-refractivity contribution in [1.29, 1.82) is 0 Å². The molecule has 0 atom stereocenters. The van der Waals surface area contributed by atoms with Gasteiger partial charge in [-0.3, -0.25) is 9.59 Å². The molecule has 4 nitrogen and oxygen atoms in total. The highest BCUT2D eigenvalue weighted by molar-refractivity contribution is 14.1. The lowest BCUT2D eigenvalue weighted by atomic mass is 10.1. The van der Waals surface area contributed by atoms with E-state index in [-0.39, 0.29) is 12.5 Å². The summed E-state index contributed by atoms with van der Waals surface area (Å²) in [5.41, 5.74) is 2.78. The average molecular weight is 361 g/mol. The first kappa shape index (κ1) is 14.9. The number of benzene rings is 1. The van der Waals surface area contributed by atoms with Gasteiger partial charge in [0.25, 0.3) is 5.91 Å². The number of ether oxygens (including phenoxy) is 1. The number of hydrogen-bond acceptors (Lipinski definition) is 3. The van der Waals surface area contributed by atoms with Crippen LogP contribution in [-0.2, 0) is 9.53 Å². The Labute approximate surface area is 120 Å². The van der Waals surface area contributed by atoms with E-state index in [1.807, 2.05) is 26.0 Å². The average Bonchev–Trinajstić information content (AvgIpc) is 2.31. The number of hydrogen-bond donors (Lipinski definition) is 1. The van der Waals surface area contributed by atoms with Gasteiger partial charge in [0.1, 0.15) is 6.54 Å². The van der Waals surface area contributed by atoms with Gasteiger partial charge < -0.3 is 10.1 Å². The lowest BCUT2D eigenvalue weighted by molar-refractivity contribution is -0.141. The SMILES string of the molecule is CCOC(=O)CNC(=O)c1cc(C)c(C)cc1I. The molecule has 0 aromatic heterocycles. The summed E-state index contributed by atoms with van der Waals surface area (Å²) in [4.78, 5) is 23.1. The monoisotopic (exact) mass is 361 g/mol. The summed E-state index contributed by atoms with van der Waals surface area (Å²) in [5.74, 6) is -0.680. The normalized spacial score (nSPS) is 10.0. The van der Waals surface area contributed by atoms with Gasteiger partial charge in [0.15, 0.2) is 0 Å².